The molecule has 3 aliphatic rings. The number of alkyl halides is 3. The predicted octanol–water partition coefficient (Wildman–Crippen LogP) is 6.09. The van der Waals surface area contributed by atoms with Gasteiger partial charge in [0.2, 0.25) is 0 Å². The maximum absolute atomic E-state index is 12.9. The second kappa shape index (κ2) is 9.93. The first kappa shape index (κ1) is 26.0. The zero-order valence-electron chi connectivity index (χ0n) is 19.7. The average molecular weight is 467 g/mol. The fraction of sp³-hybridized carbons (Fsp3) is 0.630. The van der Waals surface area contributed by atoms with Gasteiger partial charge in [-0.25, -0.2) is 0 Å². The molecule has 3 rings (SSSR count). The Hall–Kier alpha value is -1.63. The van der Waals surface area contributed by atoms with Crippen molar-refractivity contribution in [2.75, 3.05) is 0 Å². The molecule has 3 aliphatic carbocycles. The normalized spacial score (nSPS) is 35.6. The molecule has 0 aromatic heterocycles. The number of fused-ring (bicyclic) bond motifs is 1. The van der Waals surface area contributed by atoms with Crippen LogP contribution in [0.3, 0.4) is 0 Å². The highest BCUT2D eigenvalue weighted by atomic mass is 19.4. The van der Waals surface area contributed by atoms with E-state index in [1.54, 1.807) is 0 Å². The molecule has 0 radical (unpaired) electrons. The van der Waals surface area contributed by atoms with Crippen molar-refractivity contribution in [2.24, 2.45) is 11.3 Å². The van der Waals surface area contributed by atoms with Gasteiger partial charge in [-0.2, -0.15) is 13.2 Å². The molecule has 0 aromatic carbocycles. The molecule has 184 valence electrons. The van der Waals surface area contributed by atoms with E-state index in [2.05, 4.69) is 25.7 Å². The summed E-state index contributed by atoms with van der Waals surface area (Å²) in [6.45, 7) is 7.03. The smallest absolute Gasteiger partial charge is 0.393 e. The quantitative estimate of drug-likeness (QED) is 0.430. The summed E-state index contributed by atoms with van der Waals surface area (Å²) >= 11 is 0. The van der Waals surface area contributed by atoms with Crippen molar-refractivity contribution in [3.63, 3.8) is 0 Å². The summed E-state index contributed by atoms with van der Waals surface area (Å²) in [5.74, 6) is 0.372. The molecular formula is C27H37F3O3. The third-order valence-corrected chi connectivity index (χ3v) is 7.82. The van der Waals surface area contributed by atoms with Gasteiger partial charge < -0.3 is 15.3 Å². The largest absolute Gasteiger partial charge is 0.420 e. The van der Waals surface area contributed by atoms with Crippen LogP contribution in [0.5, 0.6) is 0 Å². The summed E-state index contributed by atoms with van der Waals surface area (Å²) in [6.07, 6.45) is 9.82. The van der Waals surface area contributed by atoms with E-state index in [1.807, 2.05) is 6.08 Å². The van der Waals surface area contributed by atoms with Gasteiger partial charge in [0, 0.05) is 6.42 Å². The van der Waals surface area contributed by atoms with Crippen LogP contribution in [-0.2, 0) is 0 Å². The molecule has 3 N–H and O–H groups in total. The van der Waals surface area contributed by atoms with Gasteiger partial charge in [0.25, 0.3) is 0 Å². The van der Waals surface area contributed by atoms with Gasteiger partial charge in [0.05, 0.1) is 12.2 Å². The van der Waals surface area contributed by atoms with E-state index in [4.69, 9.17) is 0 Å². The third-order valence-electron chi connectivity index (χ3n) is 7.82. The number of rotatable bonds is 5. The molecule has 1 unspecified atom stereocenters. The molecule has 6 heteroatoms. The minimum atomic E-state index is -4.68. The van der Waals surface area contributed by atoms with Crippen molar-refractivity contribution in [1.82, 2.24) is 0 Å². The van der Waals surface area contributed by atoms with Gasteiger partial charge in [0.15, 0.2) is 5.60 Å². The molecule has 0 aromatic rings. The topological polar surface area (TPSA) is 60.7 Å². The maximum atomic E-state index is 12.9. The Kier molecular flexibility index (Phi) is 7.82. The van der Waals surface area contributed by atoms with Gasteiger partial charge in [-0.3, -0.25) is 0 Å². The van der Waals surface area contributed by atoms with Gasteiger partial charge in [0.1, 0.15) is 0 Å². The first-order valence-electron chi connectivity index (χ1n) is 12.0. The SMILES string of the molecule is C=C1/C(=C\C=C2/CCC[C@]3(C)C(CC/C=C/[C@@](C)(O)C(F)(F)F)=CCCC23)C[C@@H](O)C[C@@H]1O. The average Bonchev–Trinajstić information content (AvgIpc) is 2.71. The fourth-order valence-electron chi connectivity index (χ4n) is 5.66. The van der Waals surface area contributed by atoms with Crippen molar-refractivity contribution in [3.05, 3.63) is 59.3 Å². The zero-order chi connectivity index (χ0) is 24.4. The first-order chi connectivity index (χ1) is 15.3. The van der Waals surface area contributed by atoms with E-state index >= 15 is 0 Å². The summed E-state index contributed by atoms with van der Waals surface area (Å²) < 4.78 is 38.6. The standard InChI is InChI=1S/C27H37F3O3/c1-18-20(16-22(31)17-24(18)32)13-12-19-8-7-14-25(2)21(10-6-11-23(19)25)9-4-5-15-26(3,33)27(28,29)30/h5,10,12-13,15,22-24,31-33H,1,4,6-9,11,14,16-17H2,2-3H3/b15-5+,19-12+,20-13-/t22-,23?,24+,25-,26-/m1/s1. The third kappa shape index (κ3) is 5.72. The molecule has 0 spiro atoms. The number of allylic oxidation sites excluding steroid dienone is 6. The molecule has 0 heterocycles. The number of hydrogen-bond acceptors (Lipinski definition) is 3. The summed E-state index contributed by atoms with van der Waals surface area (Å²) in [4.78, 5) is 0. The van der Waals surface area contributed by atoms with E-state index in [0.717, 1.165) is 50.7 Å². The number of aliphatic hydroxyl groups excluding tert-OH is 2. The Bertz CT molecular complexity index is 862. The highest BCUT2D eigenvalue weighted by Gasteiger charge is 2.48. The summed E-state index contributed by atoms with van der Waals surface area (Å²) in [5.41, 5.74) is 1.40. The first-order valence-corrected chi connectivity index (χ1v) is 12.0. The molecule has 2 saturated carbocycles. The van der Waals surface area contributed by atoms with Crippen LogP contribution < -0.4 is 0 Å². The lowest BCUT2D eigenvalue weighted by Gasteiger charge is -2.48. The van der Waals surface area contributed by atoms with Crippen LogP contribution in [0.2, 0.25) is 0 Å². The van der Waals surface area contributed by atoms with Crippen LogP contribution in [-0.4, -0.2) is 39.3 Å². The molecule has 5 atom stereocenters. The molecule has 2 fully saturated rings. The molecule has 3 nitrogen and oxygen atoms in total. The van der Waals surface area contributed by atoms with Crippen molar-refractivity contribution in [2.45, 2.75) is 95.6 Å². The number of hydrogen-bond donors (Lipinski definition) is 3. The molecule has 0 bridgehead atoms. The minimum absolute atomic E-state index is 0.0240. The van der Waals surface area contributed by atoms with Crippen LogP contribution in [0, 0.1) is 11.3 Å². The lowest BCUT2D eigenvalue weighted by atomic mass is 9.57. The van der Waals surface area contributed by atoms with E-state index in [9.17, 15) is 28.5 Å². The Labute approximate surface area is 195 Å². The Morgan fingerprint density at radius 2 is 1.97 bits per heavy atom. The van der Waals surface area contributed by atoms with Crippen LogP contribution in [0.4, 0.5) is 13.2 Å². The van der Waals surface area contributed by atoms with Gasteiger partial charge in [-0.15, -0.1) is 0 Å². The lowest BCUT2D eigenvalue weighted by Crippen LogP contribution is -2.40. The lowest BCUT2D eigenvalue weighted by molar-refractivity contribution is -0.232. The highest BCUT2D eigenvalue weighted by Crippen LogP contribution is 2.54. The van der Waals surface area contributed by atoms with Gasteiger partial charge >= 0.3 is 6.18 Å². The molecule has 0 amide bonds. The van der Waals surface area contributed by atoms with Crippen LogP contribution in [0.15, 0.2) is 59.3 Å². The van der Waals surface area contributed by atoms with Gasteiger partial charge in [-0.05, 0) is 86.8 Å². The second-order valence-corrected chi connectivity index (χ2v) is 10.3. The molecule has 0 aliphatic heterocycles. The monoisotopic (exact) mass is 466 g/mol. The Balaban J connectivity index is 1.72. The summed E-state index contributed by atoms with van der Waals surface area (Å²) in [7, 11) is 0. The van der Waals surface area contributed by atoms with E-state index in [-0.39, 0.29) is 5.41 Å². The van der Waals surface area contributed by atoms with Crippen molar-refractivity contribution in [3.8, 4) is 0 Å². The Morgan fingerprint density at radius 1 is 1.24 bits per heavy atom. The van der Waals surface area contributed by atoms with Crippen molar-refractivity contribution < 1.29 is 28.5 Å². The predicted molar refractivity (Wildman–Crippen MR) is 124 cm³/mol. The molecule has 0 saturated heterocycles. The van der Waals surface area contributed by atoms with Crippen LogP contribution >= 0.6 is 0 Å². The van der Waals surface area contributed by atoms with Crippen molar-refractivity contribution in [1.29, 1.82) is 0 Å². The van der Waals surface area contributed by atoms with E-state index in [0.29, 0.717) is 37.2 Å². The summed E-state index contributed by atoms with van der Waals surface area (Å²) in [6, 6.07) is 0. The summed E-state index contributed by atoms with van der Waals surface area (Å²) in [5, 5.41) is 29.7. The minimum Gasteiger partial charge on any atom is -0.393 e. The Morgan fingerprint density at radius 3 is 2.67 bits per heavy atom. The highest BCUT2D eigenvalue weighted by molar-refractivity contribution is 5.39. The fourth-order valence-corrected chi connectivity index (χ4v) is 5.66. The molecular weight excluding hydrogens is 429 g/mol. The van der Waals surface area contributed by atoms with E-state index < -0.39 is 24.0 Å². The maximum Gasteiger partial charge on any atom is 0.420 e. The van der Waals surface area contributed by atoms with Crippen LogP contribution in [0.25, 0.3) is 0 Å². The van der Waals surface area contributed by atoms with E-state index in [1.165, 1.54) is 17.2 Å². The van der Waals surface area contributed by atoms with Gasteiger partial charge in [-0.1, -0.05) is 49.0 Å². The van der Waals surface area contributed by atoms with Crippen LogP contribution in [0.1, 0.15) is 71.6 Å². The number of aliphatic hydroxyl groups is 3. The zero-order valence-corrected chi connectivity index (χ0v) is 19.7. The van der Waals surface area contributed by atoms with Crippen molar-refractivity contribution >= 4 is 0 Å². The molecule has 33 heavy (non-hydrogen) atoms. The number of halogens is 3. The second-order valence-electron chi connectivity index (χ2n) is 10.3.